The average molecular weight is 323 g/mol. The van der Waals surface area contributed by atoms with Gasteiger partial charge in [0.25, 0.3) is 0 Å². The highest BCUT2D eigenvalue weighted by Crippen LogP contribution is 2.23. The average Bonchev–Trinajstić information content (AvgIpc) is 2.41. The van der Waals surface area contributed by atoms with Crippen LogP contribution in [0.15, 0.2) is 0 Å². The molecule has 0 aromatic carbocycles. The van der Waals surface area contributed by atoms with E-state index in [1.807, 2.05) is 20.8 Å². The summed E-state index contributed by atoms with van der Waals surface area (Å²) in [5.74, 6) is -1.99. The van der Waals surface area contributed by atoms with Crippen LogP contribution in [0.1, 0.15) is 33.6 Å². The fourth-order valence-corrected chi connectivity index (χ4v) is 2.27. The maximum Gasteiger partial charge on any atom is 0.471 e. The van der Waals surface area contributed by atoms with Crippen molar-refractivity contribution in [2.24, 2.45) is 17.1 Å². The van der Waals surface area contributed by atoms with Crippen LogP contribution >= 0.6 is 0 Å². The van der Waals surface area contributed by atoms with Crippen LogP contribution in [0, 0.1) is 11.3 Å². The van der Waals surface area contributed by atoms with E-state index in [0.717, 1.165) is 4.90 Å². The lowest BCUT2D eigenvalue weighted by molar-refractivity contribution is -0.186. The Labute approximate surface area is 128 Å². The molecule has 1 heterocycles. The molecular weight excluding hydrogens is 299 g/mol. The van der Waals surface area contributed by atoms with E-state index in [9.17, 15) is 22.8 Å². The third-order valence-electron chi connectivity index (χ3n) is 3.92. The number of carbonyl (C=O) groups excluding carboxylic acids is 2. The Bertz CT molecular complexity index is 411. The van der Waals surface area contributed by atoms with Crippen LogP contribution in [0.3, 0.4) is 0 Å². The van der Waals surface area contributed by atoms with Gasteiger partial charge in [-0.3, -0.25) is 9.59 Å². The van der Waals surface area contributed by atoms with Crippen LogP contribution in [0.25, 0.3) is 0 Å². The fourth-order valence-electron chi connectivity index (χ4n) is 2.27. The zero-order chi connectivity index (χ0) is 17.1. The number of nitrogens with one attached hydrogen (secondary N) is 1. The summed E-state index contributed by atoms with van der Waals surface area (Å²) in [6.45, 7) is 6.07. The molecule has 8 heteroatoms. The number of piperidine rings is 1. The quantitative estimate of drug-likeness (QED) is 0.821. The minimum atomic E-state index is -4.82. The van der Waals surface area contributed by atoms with Crippen molar-refractivity contribution in [1.29, 1.82) is 0 Å². The highest BCUT2D eigenvalue weighted by Gasteiger charge is 2.43. The molecule has 0 aromatic heterocycles. The maximum atomic E-state index is 12.3. The summed E-state index contributed by atoms with van der Waals surface area (Å²) in [7, 11) is 0. The van der Waals surface area contributed by atoms with Gasteiger partial charge in [0, 0.05) is 19.6 Å². The highest BCUT2D eigenvalue weighted by molar-refractivity contribution is 5.82. The summed E-state index contributed by atoms with van der Waals surface area (Å²) in [6.07, 6.45) is -3.94. The molecule has 1 aliphatic heterocycles. The molecule has 0 saturated carbocycles. The summed E-state index contributed by atoms with van der Waals surface area (Å²) in [4.78, 5) is 23.8. The predicted octanol–water partition coefficient (Wildman–Crippen LogP) is 1.28. The van der Waals surface area contributed by atoms with Crippen LogP contribution in [-0.2, 0) is 9.59 Å². The molecule has 1 aliphatic rings. The molecule has 1 atom stereocenters. The van der Waals surface area contributed by atoms with Crippen molar-refractivity contribution in [2.45, 2.75) is 45.8 Å². The molecule has 0 radical (unpaired) electrons. The first-order valence-corrected chi connectivity index (χ1v) is 7.32. The van der Waals surface area contributed by atoms with E-state index in [0.29, 0.717) is 19.4 Å². The molecule has 0 aromatic rings. The first-order chi connectivity index (χ1) is 9.93. The molecule has 0 spiro atoms. The van der Waals surface area contributed by atoms with Gasteiger partial charge in [-0.1, -0.05) is 20.8 Å². The molecule has 0 unspecified atom stereocenters. The van der Waals surface area contributed by atoms with E-state index in [2.05, 4.69) is 5.32 Å². The summed E-state index contributed by atoms with van der Waals surface area (Å²) >= 11 is 0. The van der Waals surface area contributed by atoms with Gasteiger partial charge in [0.1, 0.15) is 0 Å². The van der Waals surface area contributed by atoms with Gasteiger partial charge in [0.15, 0.2) is 0 Å². The number of halogens is 3. The number of likely N-dealkylation sites (tertiary alicyclic amines) is 1. The molecule has 22 heavy (non-hydrogen) atoms. The number of nitrogens with zero attached hydrogens (tertiary/aromatic N) is 1. The van der Waals surface area contributed by atoms with Gasteiger partial charge in [0.2, 0.25) is 5.91 Å². The number of hydrogen-bond acceptors (Lipinski definition) is 3. The minimum Gasteiger partial charge on any atom is -0.354 e. The lowest BCUT2D eigenvalue weighted by Crippen LogP contribution is -2.51. The lowest BCUT2D eigenvalue weighted by Gasteiger charge is -2.33. The monoisotopic (exact) mass is 323 g/mol. The standard InChI is InChI=1S/C14H24F3N3O2/c1-13(2,3)10(18)11(21)19-8-9-4-6-20(7-5-9)12(22)14(15,16)17/h9-10H,4-8,18H2,1-3H3,(H,19,21)/t10-/m1/s1. The Morgan fingerprint density at radius 1 is 1.23 bits per heavy atom. The summed E-state index contributed by atoms with van der Waals surface area (Å²) in [6, 6.07) is -0.639. The predicted molar refractivity (Wildman–Crippen MR) is 75.8 cm³/mol. The molecule has 128 valence electrons. The third-order valence-corrected chi connectivity index (χ3v) is 3.92. The third kappa shape index (κ3) is 5.15. The van der Waals surface area contributed by atoms with Crippen molar-refractivity contribution < 1.29 is 22.8 Å². The smallest absolute Gasteiger partial charge is 0.354 e. The number of rotatable bonds is 3. The van der Waals surface area contributed by atoms with Crippen molar-refractivity contribution in [1.82, 2.24) is 10.2 Å². The van der Waals surface area contributed by atoms with Gasteiger partial charge in [-0.15, -0.1) is 0 Å². The second-order valence-electron chi connectivity index (χ2n) is 6.82. The lowest BCUT2D eigenvalue weighted by atomic mass is 9.86. The van der Waals surface area contributed by atoms with Gasteiger partial charge >= 0.3 is 12.1 Å². The van der Waals surface area contributed by atoms with Crippen LogP contribution in [0.5, 0.6) is 0 Å². The number of hydrogen-bond donors (Lipinski definition) is 2. The molecule has 1 saturated heterocycles. The van der Waals surface area contributed by atoms with Gasteiger partial charge in [0.05, 0.1) is 6.04 Å². The highest BCUT2D eigenvalue weighted by atomic mass is 19.4. The summed E-state index contributed by atoms with van der Waals surface area (Å²) in [5.41, 5.74) is 5.48. The first kappa shape index (κ1) is 18.7. The Morgan fingerprint density at radius 2 is 1.73 bits per heavy atom. The molecule has 2 amide bonds. The van der Waals surface area contributed by atoms with Gasteiger partial charge in [-0.05, 0) is 24.2 Å². The number of amides is 2. The Morgan fingerprint density at radius 3 is 2.14 bits per heavy atom. The Balaban J connectivity index is 2.38. The molecular formula is C14H24F3N3O2. The summed E-state index contributed by atoms with van der Waals surface area (Å²) in [5, 5.41) is 2.74. The van der Waals surface area contributed by atoms with Gasteiger partial charge < -0.3 is 16.0 Å². The Kier molecular flexibility index (Phi) is 5.83. The fraction of sp³-hybridized carbons (Fsp3) is 0.857. The first-order valence-electron chi connectivity index (χ1n) is 7.32. The topological polar surface area (TPSA) is 75.4 Å². The normalized spacial score (nSPS) is 19.0. The van der Waals surface area contributed by atoms with E-state index in [4.69, 9.17) is 5.73 Å². The number of carbonyl (C=O) groups is 2. The van der Waals surface area contributed by atoms with E-state index in [1.54, 1.807) is 0 Å². The number of alkyl halides is 3. The van der Waals surface area contributed by atoms with Crippen LogP contribution < -0.4 is 11.1 Å². The van der Waals surface area contributed by atoms with Crippen LogP contribution in [-0.4, -0.2) is 48.6 Å². The largest absolute Gasteiger partial charge is 0.471 e. The second kappa shape index (κ2) is 6.85. The van der Waals surface area contributed by atoms with Crippen LogP contribution in [0.4, 0.5) is 13.2 Å². The number of nitrogens with two attached hydrogens (primary N) is 1. The molecule has 1 rings (SSSR count). The molecule has 1 fully saturated rings. The van der Waals surface area contributed by atoms with E-state index >= 15 is 0 Å². The van der Waals surface area contributed by atoms with Crippen molar-refractivity contribution >= 4 is 11.8 Å². The van der Waals surface area contributed by atoms with Crippen molar-refractivity contribution in [3.8, 4) is 0 Å². The van der Waals surface area contributed by atoms with Crippen molar-refractivity contribution in [3.63, 3.8) is 0 Å². The van der Waals surface area contributed by atoms with E-state index in [-0.39, 0.29) is 30.3 Å². The molecule has 0 aliphatic carbocycles. The minimum absolute atomic E-state index is 0.0597. The van der Waals surface area contributed by atoms with E-state index in [1.165, 1.54) is 0 Å². The van der Waals surface area contributed by atoms with Gasteiger partial charge in [-0.25, -0.2) is 0 Å². The van der Waals surface area contributed by atoms with Crippen LogP contribution in [0.2, 0.25) is 0 Å². The second-order valence-corrected chi connectivity index (χ2v) is 6.82. The molecule has 3 N–H and O–H groups in total. The van der Waals surface area contributed by atoms with Crippen molar-refractivity contribution in [3.05, 3.63) is 0 Å². The maximum absolute atomic E-state index is 12.3. The molecule has 5 nitrogen and oxygen atoms in total. The SMILES string of the molecule is CC(C)(C)[C@H](N)C(=O)NCC1CCN(C(=O)C(F)(F)F)CC1. The van der Waals surface area contributed by atoms with Gasteiger partial charge in [-0.2, -0.15) is 13.2 Å². The van der Waals surface area contributed by atoms with Crippen molar-refractivity contribution in [2.75, 3.05) is 19.6 Å². The summed E-state index contributed by atoms with van der Waals surface area (Å²) < 4.78 is 37.0. The zero-order valence-electron chi connectivity index (χ0n) is 13.2. The Hall–Kier alpha value is -1.31. The zero-order valence-corrected chi connectivity index (χ0v) is 13.2. The van der Waals surface area contributed by atoms with E-state index < -0.39 is 18.1 Å². The molecule has 0 bridgehead atoms.